The molecule has 0 unspecified atom stereocenters. The summed E-state index contributed by atoms with van der Waals surface area (Å²) in [7, 11) is 0. The predicted molar refractivity (Wildman–Crippen MR) is 128 cm³/mol. The molecule has 1 saturated heterocycles. The molecule has 2 aromatic carbocycles. The number of para-hydroxylation sites is 1. The first-order valence-corrected chi connectivity index (χ1v) is 10.9. The summed E-state index contributed by atoms with van der Waals surface area (Å²) in [5.41, 5.74) is 4.31. The molecular weight excluding hydrogens is 456 g/mol. The number of rotatable bonds is 4. The van der Waals surface area contributed by atoms with Crippen LogP contribution in [0.4, 0.5) is 5.69 Å². The van der Waals surface area contributed by atoms with E-state index < -0.39 is 0 Å². The minimum atomic E-state index is -0.0472. The van der Waals surface area contributed by atoms with Crippen LogP contribution in [0.3, 0.4) is 0 Å². The molecule has 0 radical (unpaired) electrons. The Labute approximate surface area is 189 Å². The van der Waals surface area contributed by atoms with Crippen LogP contribution in [0.2, 0.25) is 0 Å². The molecule has 2 aromatic heterocycles. The standard InChI is InChI=1S/C24H19BrN4S/c25-18-9-11-20(12-10-18)29-23(22(27-24(29)30)21-8-4-5-14-26-21)17-13-15-28(16-17)19-6-2-1-3-7-19/h1-16,22-23H,(H,27,30)/t22-,23+/m0/s1. The van der Waals surface area contributed by atoms with E-state index in [-0.39, 0.29) is 12.1 Å². The van der Waals surface area contributed by atoms with Gasteiger partial charge in [0.2, 0.25) is 0 Å². The highest BCUT2D eigenvalue weighted by molar-refractivity contribution is 9.10. The number of nitrogens with zero attached hydrogens (tertiary/aromatic N) is 3. The van der Waals surface area contributed by atoms with E-state index in [4.69, 9.17) is 12.2 Å². The summed E-state index contributed by atoms with van der Waals surface area (Å²) in [5, 5.41) is 4.20. The van der Waals surface area contributed by atoms with E-state index in [9.17, 15) is 0 Å². The van der Waals surface area contributed by atoms with Crippen LogP contribution < -0.4 is 10.2 Å². The number of anilines is 1. The van der Waals surface area contributed by atoms with Gasteiger partial charge < -0.3 is 14.8 Å². The van der Waals surface area contributed by atoms with E-state index in [1.54, 1.807) is 0 Å². The van der Waals surface area contributed by atoms with Crippen LogP contribution in [0.5, 0.6) is 0 Å². The lowest BCUT2D eigenvalue weighted by Crippen LogP contribution is -2.29. The third-order valence-corrected chi connectivity index (χ3v) is 6.16. The molecule has 0 bridgehead atoms. The first-order valence-electron chi connectivity index (χ1n) is 9.70. The summed E-state index contributed by atoms with van der Waals surface area (Å²) in [5.74, 6) is 0. The Balaban J connectivity index is 1.60. The van der Waals surface area contributed by atoms with Crippen molar-refractivity contribution < 1.29 is 0 Å². The molecule has 6 heteroatoms. The van der Waals surface area contributed by atoms with Crippen LogP contribution in [-0.4, -0.2) is 14.7 Å². The van der Waals surface area contributed by atoms with Crippen molar-refractivity contribution in [3.63, 3.8) is 0 Å². The maximum absolute atomic E-state index is 5.78. The average molecular weight is 475 g/mol. The van der Waals surface area contributed by atoms with Crippen molar-refractivity contribution in [2.75, 3.05) is 4.90 Å². The lowest BCUT2D eigenvalue weighted by molar-refractivity contribution is 0.568. The highest BCUT2D eigenvalue weighted by Crippen LogP contribution is 2.41. The molecular formula is C24H19BrN4S. The summed E-state index contributed by atoms with van der Waals surface area (Å²) in [6.07, 6.45) is 6.10. The quantitative estimate of drug-likeness (QED) is 0.378. The van der Waals surface area contributed by atoms with E-state index in [1.165, 1.54) is 5.56 Å². The topological polar surface area (TPSA) is 33.1 Å². The molecule has 4 aromatic rings. The minimum Gasteiger partial charge on any atom is -0.351 e. The second-order valence-electron chi connectivity index (χ2n) is 7.16. The van der Waals surface area contributed by atoms with Gasteiger partial charge in [-0.15, -0.1) is 0 Å². The monoisotopic (exact) mass is 474 g/mol. The molecule has 1 aliphatic rings. The lowest BCUT2D eigenvalue weighted by Gasteiger charge is -2.27. The molecule has 2 atom stereocenters. The normalized spacial score (nSPS) is 18.4. The third-order valence-electron chi connectivity index (χ3n) is 5.31. The van der Waals surface area contributed by atoms with Crippen molar-refractivity contribution in [3.8, 4) is 5.69 Å². The molecule has 1 fully saturated rings. The Morgan fingerprint density at radius 3 is 2.37 bits per heavy atom. The smallest absolute Gasteiger partial charge is 0.174 e. The molecule has 1 aliphatic heterocycles. The van der Waals surface area contributed by atoms with Crippen molar-refractivity contribution in [1.82, 2.24) is 14.9 Å². The molecule has 0 spiro atoms. The van der Waals surface area contributed by atoms with Gasteiger partial charge in [-0.25, -0.2) is 0 Å². The van der Waals surface area contributed by atoms with Crippen LogP contribution in [0.25, 0.3) is 5.69 Å². The van der Waals surface area contributed by atoms with Gasteiger partial charge in [-0.2, -0.15) is 0 Å². The highest BCUT2D eigenvalue weighted by Gasteiger charge is 2.41. The largest absolute Gasteiger partial charge is 0.351 e. The lowest BCUT2D eigenvalue weighted by atomic mass is 9.98. The summed E-state index contributed by atoms with van der Waals surface area (Å²) in [4.78, 5) is 6.80. The highest BCUT2D eigenvalue weighted by atomic mass is 79.9. The van der Waals surface area contributed by atoms with Gasteiger partial charge in [0.05, 0.1) is 17.8 Å². The predicted octanol–water partition coefficient (Wildman–Crippen LogP) is 5.81. The van der Waals surface area contributed by atoms with Gasteiger partial charge in [-0.1, -0.05) is 40.2 Å². The minimum absolute atomic E-state index is 0.0152. The molecule has 0 amide bonds. The average Bonchev–Trinajstić information content (AvgIpc) is 3.40. The van der Waals surface area contributed by atoms with Crippen LogP contribution in [0.1, 0.15) is 23.3 Å². The number of pyridine rings is 1. The number of hydrogen-bond acceptors (Lipinski definition) is 2. The molecule has 0 saturated carbocycles. The van der Waals surface area contributed by atoms with E-state index in [0.717, 1.165) is 21.5 Å². The van der Waals surface area contributed by atoms with Crippen molar-refractivity contribution in [2.45, 2.75) is 12.1 Å². The zero-order valence-corrected chi connectivity index (χ0v) is 18.4. The fourth-order valence-corrected chi connectivity index (χ4v) is 4.53. The molecule has 5 rings (SSSR count). The van der Waals surface area contributed by atoms with Crippen molar-refractivity contribution in [1.29, 1.82) is 0 Å². The second-order valence-corrected chi connectivity index (χ2v) is 8.46. The Kier molecular flexibility index (Phi) is 5.11. The Hall–Kier alpha value is -2.96. The van der Waals surface area contributed by atoms with Gasteiger partial charge in [0.15, 0.2) is 5.11 Å². The second kappa shape index (κ2) is 8.05. The number of halogens is 1. The Morgan fingerprint density at radius 1 is 0.867 bits per heavy atom. The summed E-state index contributed by atoms with van der Waals surface area (Å²) >= 11 is 9.30. The van der Waals surface area contributed by atoms with Gasteiger partial charge in [0.25, 0.3) is 0 Å². The summed E-state index contributed by atoms with van der Waals surface area (Å²) < 4.78 is 3.18. The molecule has 1 N–H and O–H groups in total. The maximum Gasteiger partial charge on any atom is 0.174 e. The number of aromatic nitrogens is 2. The Morgan fingerprint density at radius 2 is 1.63 bits per heavy atom. The molecule has 3 heterocycles. The fraction of sp³-hybridized carbons (Fsp3) is 0.0833. The van der Waals surface area contributed by atoms with E-state index in [2.05, 4.69) is 78.4 Å². The molecule has 148 valence electrons. The summed E-state index contributed by atoms with van der Waals surface area (Å²) in [6.45, 7) is 0. The van der Waals surface area contributed by atoms with Gasteiger partial charge in [0, 0.05) is 34.4 Å². The zero-order chi connectivity index (χ0) is 20.5. The van der Waals surface area contributed by atoms with Crippen molar-refractivity contribution in [2.24, 2.45) is 0 Å². The van der Waals surface area contributed by atoms with Crippen LogP contribution in [0.15, 0.2) is 102 Å². The number of hydrogen-bond donors (Lipinski definition) is 1. The number of nitrogens with one attached hydrogen (secondary N) is 1. The van der Waals surface area contributed by atoms with E-state index >= 15 is 0 Å². The van der Waals surface area contributed by atoms with Crippen LogP contribution in [-0.2, 0) is 0 Å². The summed E-state index contributed by atoms with van der Waals surface area (Å²) in [6, 6.07) is 26.7. The maximum atomic E-state index is 5.78. The first kappa shape index (κ1) is 19.0. The van der Waals surface area contributed by atoms with Crippen molar-refractivity contribution >= 4 is 38.9 Å². The van der Waals surface area contributed by atoms with Gasteiger partial charge in [-0.3, -0.25) is 4.98 Å². The van der Waals surface area contributed by atoms with Crippen LogP contribution in [0, 0.1) is 0 Å². The van der Waals surface area contributed by atoms with Gasteiger partial charge >= 0.3 is 0 Å². The fourth-order valence-electron chi connectivity index (χ4n) is 3.92. The molecule has 30 heavy (non-hydrogen) atoms. The molecule has 4 nitrogen and oxygen atoms in total. The third kappa shape index (κ3) is 3.53. The van der Waals surface area contributed by atoms with Gasteiger partial charge in [-0.05, 0) is 72.4 Å². The van der Waals surface area contributed by atoms with Crippen molar-refractivity contribution in [3.05, 3.63) is 113 Å². The van der Waals surface area contributed by atoms with E-state index in [0.29, 0.717) is 5.11 Å². The number of thiocarbonyl (C=S) groups is 1. The van der Waals surface area contributed by atoms with Crippen LogP contribution >= 0.6 is 28.1 Å². The molecule has 0 aliphatic carbocycles. The van der Waals surface area contributed by atoms with E-state index in [1.807, 2.05) is 54.7 Å². The van der Waals surface area contributed by atoms with Gasteiger partial charge in [0.1, 0.15) is 0 Å². The SMILES string of the molecule is S=C1N[C@@H](c2ccccn2)[C@@H](c2ccn(-c3ccccc3)c2)N1c1ccc(Br)cc1. The Bertz CT molecular complexity index is 1160. The zero-order valence-electron chi connectivity index (χ0n) is 16.0. The first-order chi connectivity index (χ1) is 14.7. The number of benzene rings is 2.